The van der Waals surface area contributed by atoms with Crippen molar-refractivity contribution in [2.75, 3.05) is 0 Å². The van der Waals surface area contributed by atoms with E-state index in [1.165, 1.54) is 27.7 Å². The Labute approximate surface area is 235 Å². The number of hydrogen-bond donors (Lipinski definition) is 4. The van der Waals surface area contributed by atoms with E-state index in [1.807, 2.05) is 0 Å². The van der Waals surface area contributed by atoms with E-state index in [0.29, 0.717) is 5.56 Å². The fourth-order valence-electron chi connectivity index (χ4n) is 5.72. The van der Waals surface area contributed by atoms with Crippen LogP contribution in [0.25, 0.3) is 0 Å². The van der Waals surface area contributed by atoms with E-state index in [2.05, 4.69) is 5.32 Å². The number of aliphatic carboxylic acids is 2. The highest BCUT2D eigenvalue weighted by molar-refractivity contribution is 7.94. The van der Waals surface area contributed by atoms with Crippen molar-refractivity contribution in [1.29, 1.82) is 0 Å². The van der Waals surface area contributed by atoms with Crippen molar-refractivity contribution in [2.45, 2.75) is 78.5 Å². The lowest BCUT2D eigenvalue weighted by Gasteiger charge is -2.42. The van der Waals surface area contributed by atoms with Crippen molar-refractivity contribution >= 4 is 49.3 Å². The summed E-state index contributed by atoms with van der Waals surface area (Å²) in [5, 5.41) is 18.4. The molecule has 0 unspecified atom stereocenters. The number of carbonyl (C=O) groups excluding carboxylic acids is 3. The lowest BCUT2D eigenvalue weighted by molar-refractivity contribution is -0.161. The Kier molecular flexibility index (Phi) is 7.03. The predicted molar refractivity (Wildman–Crippen MR) is 140 cm³/mol. The van der Waals surface area contributed by atoms with Crippen LogP contribution < -0.4 is 11.1 Å². The van der Waals surface area contributed by atoms with Crippen LogP contribution in [0, 0.1) is 0 Å². The number of benzene rings is 1. The average molecular weight is 615 g/mol. The van der Waals surface area contributed by atoms with Gasteiger partial charge in [-0.25, -0.2) is 26.4 Å². The number of carbonyl (C=O) groups is 5. The van der Waals surface area contributed by atoms with Gasteiger partial charge in [-0.1, -0.05) is 30.3 Å². The number of carboxylic acid groups (broad SMARTS) is 2. The Morgan fingerprint density at radius 1 is 0.902 bits per heavy atom. The molecule has 0 spiro atoms. The van der Waals surface area contributed by atoms with Crippen LogP contribution in [0.1, 0.15) is 45.7 Å². The van der Waals surface area contributed by atoms with Gasteiger partial charge in [0, 0.05) is 0 Å². The third-order valence-corrected chi connectivity index (χ3v) is 13.9. The quantitative estimate of drug-likeness (QED) is 0.269. The molecule has 4 saturated heterocycles. The summed E-state index contributed by atoms with van der Waals surface area (Å²) >= 11 is 0. The topological polar surface area (TPSA) is 239 Å². The molecule has 4 aliphatic rings. The molecule has 0 saturated carbocycles. The van der Waals surface area contributed by atoms with Gasteiger partial charge in [0.05, 0.1) is 11.2 Å². The van der Waals surface area contributed by atoms with E-state index in [1.54, 1.807) is 30.3 Å². The SMILES string of the molecule is CC1(C)[C@H](C(=O)O)N2C(=O)C[C@H]2S1(=O)=O.CC1(C)[C@H](C(=O)O)N2C(=O)[C@@H](NC(=O)[C@H](N)c3ccccc3)[C@H]2S1(=O)=O. The number of hydrogen-bond acceptors (Lipinski definition) is 10. The summed E-state index contributed by atoms with van der Waals surface area (Å²) in [5.74, 6) is -4.52. The average Bonchev–Trinajstić information content (AvgIpc) is 3.11. The molecule has 3 amide bonds. The maximum Gasteiger partial charge on any atom is 0.328 e. The van der Waals surface area contributed by atoms with Crippen LogP contribution in [0.2, 0.25) is 0 Å². The monoisotopic (exact) mass is 614 g/mol. The van der Waals surface area contributed by atoms with Gasteiger partial charge in [-0.05, 0) is 33.3 Å². The molecule has 6 atom stereocenters. The molecule has 0 bridgehead atoms. The molecular weight excluding hydrogens is 584 g/mol. The first-order valence-electron chi connectivity index (χ1n) is 12.4. The first-order chi connectivity index (χ1) is 18.7. The van der Waals surface area contributed by atoms with Gasteiger partial charge in [0.15, 0.2) is 25.0 Å². The maximum absolute atomic E-state index is 12.7. The molecular formula is C24H30N4O11S2. The summed E-state index contributed by atoms with van der Waals surface area (Å²) in [6.45, 7) is 5.24. The van der Waals surface area contributed by atoms with Crippen LogP contribution in [-0.4, -0.2) is 105 Å². The number of rotatable bonds is 5. The van der Waals surface area contributed by atoms with Gasteiger partial charge in [-0.15, -0.1) is 0 Å². The Balaban J connectivity index is 0.000000218. The van der Waals surface area contributed by atoms with Gasteiger partial charge >= 0.3 is 11.9 Å². The molecule has 0 aliphatic carbocycles. The molecule has 0 aromatic heterocycles. The number of fused-ring (bicyclic) bond motifs is 2. The van der Waals surface area contributed by atoms with Crippen LogP contribution in [-0.2, 0) is 43.6 Å². The largest absolute Gasteiger partial charge is 0.480 e. The van der Waals surface area contributed by atoms with E-state index < -0.39 is 93.7 Å². The summed E-state index contributed by atoms with van der Waals surface area (Å²) in [7, 11) is -7.58. The number of β-lactam (4-membered cyclic amide) rings is 2. The van der Waals surface area contributed by atoms with Gasteiger partial charge < -0.3 is 31.1 Å². The molecule has 224 valence electrons. The van der Waals surface area contributed by atoms with Crippen molar-refractivity contribution in [2.24, 2.45) is 5.73 Å². The summed E-state index contributed by atoms with van der Waals surface area (Å²) in [4.78, 5) is 60.2. The maximum atomic E-state index is 12.7. The van der Waals surface area contributed by atoms with Gasteiger partial charge in [0.2, 0.25) is 17.7 Å². The smallest absolute Gasteiger partial charge is 0.328 e. The number of nitrogens with one attached hydrogen (secondary N) is 1. The second-order valence-electron chi connectivity index (χ2n) is 11.2. The van der Waals surface area contributed by atoms with E-state index in [9.17, 15) is 45.9 Å². The highest BCUT2D eigenvalue weighted by atomic mass is 32.2. The highest BCUT2D eigenvalue weighted by Crippen LogP contribution is 2.47. The Bertz CT molecular complexity index is 1560. The Hall–Kier alpha value is -3.57. The van der Waals surface area contributed by atoms with Crippen molar-refractivity contribution in [3.05, 3.63) is 35.9 Å². The zero-order chi connectivity index (χ0) is 31.0. The Morgan fingerprint density at radius 3 is 1.85 bits per heavy atom. The lowest BCUT2D eigenvalue weighted by atomic mass is 9.95. The van der Waals surface area contributed by atoms with E-state index in [-0.39, 0.29) is 6.42 Å². The molecule has 4 aliphatic heterocycles. The van der Waals surface area contributed by atoms with Crippen molar-refractivity contribution < 1.29 is 51.0 Å². The second kappa shape index (κ2) is 9.49. The van der Waals surface area contributed by atoms with Gasteiger partial charge in [-0.2, -0.15) is 0 Å². The molecule has 4 heterocycles. The summed E-state index contributed by atoms with van der Waals surface area (Å²) in [6.07, 6.45) is -0.0878. The van der Waals surface area contributed by atoms with Crippen LogP contribution in [0.3, 0.4) is 0 Å². The van der Waals surface area contributed by atoms with Crippen LogP contribution in [0.4, 0.5) is 0 Å². The van der Waals surface area contributed by atoms with E-state index in [0.717, 1.165) is 9.80 Å². The number of amides is 3. The predicted octanol–water partition coefficient (Wildman–Crippen LogP) is -1.80. The third-order valence-electron chi connectivity index (χ3n) is 8.25. The summed E-state index contributed by atoms with van der Waals surface area (Å²) in [6, 6.07) is 3.23. The molecule has 5 N–H and O–H groups in total. The number of sulfone groups is 2. The minimum absolute atomic E-state index is 0.0878. The normalized spacial score (nSPS) is 31.8. The van der Waals surface area contributed by atoms with Crippen molar-refractivity contribution in [1.82, 2.24) is 15.1 Å². The molecule has 17 heteroatoms. The van der Waals surface area contributed by atoms with Gasteiger partial charge in [0.1, 0.15) is 34.3 Å². The Morgan fingerprint density at radius 2 is 1.39 bits per heavy atom. The fourth-order valence-corrected chi connectivity index (χ4v) is 10.1. The van der Waals surface area contributed by atoms with Crippen LogP contribution in [0.15, 0.2) is 30.3 Å². The lowest BCUT2D eigenvalue weighted by Crippen LogP contribution is -2.72. The summed E-state index contributed by atoms with van der Waals surface area (Å²) < 4.78 is 46.1. The second-order valence-corrected chi connectivity index (χ2v) is 16.6. The van der Waals surface area contributed by atoms with Crippen molar-refractivity contribution in [3.8, 4) is 0 Å². The zero-order valence-corrected chi connectivity index (χ0v) is 24.0. The molecule has 41 heavy (non-hydrogen) atoms. The first kappa shape index (κ1) is 30.4. The molecule has 15 nitrogen and oxygen atoms in total. The fraction of sp³-hybridized carbons (Fsp3) is 0.542. The molecule has 1 aromatic carbocycles. The van der Waals surface area contributed by atoms with Crippen LogP contribution in [0.5, 0.6) is 0 Å². The van der Waals surface area contributed by atoms with E-state index in [4.69, 9.17) is 10.8 Å². The molecule has 4 fully saturated rings. The number of nitrogens with zero attached hydrogens (tertiary/aromatic N) is 2. The minimum Gasteiger partial charge on any atom is -0.480 e. The highest BCUT2D eigenvalue weighted by Gasteiger charge is 2.72. The zero-order valence-electron chi connectivity index (χ0n) is 22.4. The third kappa shape index (κ3) is 4.12. The van der Waals surface area contributed by atoms with Gasteiger partial charge in [0.25, 0.3) is 0 Å². The van der Waals surface area contributed by atoms with Gasteiger partial charge in [-0.3, -0.25) is 14.4 Å². The van der Waals surface area contributed by atoms with Crippen molar-refractivity contribution in [3.63, 3.8) is 0 Å². The summed E-state index contributed by atoms with van der Waals surface area (Å²) in [5.41, 5.74) is 6.37. The standard InChI is InChI=1S/C16H19N3O6S.C8H11NO5S/c1-16(2)11(15(22)23)19-13(21)10(14(19)26(16,24)25)18-12(20)9(17)8-6-4-3-5-7-8;1-8(2)6(7(11)12)9-4(10)3-5(9)15(8,13)14/h3-7,9-11,14H,17H2,1-2H3,(H,18,20)(H,22,23);5-6H,3H2,1-2H3,(H,11,12)/t9-,10-,11+,14-;5-,6+/m11/s1. The molecule has 0 radical (unpaired) electrons. The first-order valence-corrected chi connectivity index (χ1v) is 15.5. The van der Waals surface area contributed by atoms with Crippen LogP contribution >= 0.6 is 0 Å². The number of nitrogens with two attached hydrogens (primary N) is 1. The van der Waals surface area contributed by atoms with E-state index >= 15 is 0 Å². The number of carboxylic acids is 2. The molecule has 5 rings (SSSR count). The molecule has 1 aromatic rings. The minimum atomic E-state index is -4.01.